The third-order valence-corrected chi connectivity index (χ3v) is 2.87. The summed E-state index contributed by atoms with van der Waals surface area (Å²) >= 11 is 0. The molecule has 4 heteroatoms. The number of hydrogen-bond donors (Lipinski definition) is 0. The number of nitrogens with zero attached hydrogens (tertiary/aromatic N) is 3. The highest BCUT2D eigenvalue weighted by Crippen LogP contribution is 2.19. The molecule has 0 fully saturated rings. The van der Waals surface area contributed by atoms with E-state index in [1.54, 1.807) is 13.2 Å². The maximum atomic E-state index is 9.03. The summed E-state index contributed by atoms with van der Waals surface area (Å²) in [5, 5.41) is 9.03. The number of aromatic nitrogens is 2. The highest BCUT2D eigenvalue weighted by atomic mass is 16.5. The zero-order valence-electron chi connectivity index (χ0n) is 10.1. The Morgan fingerprint density at radius 3 is 3.00 bits per heavy atom. The molecular weight excluding hydrogens is 214 g/mol. The Balaban J connectivity index is 2.39. The summed E-state index contributed by atoms with van der Waals surface area (Å²) in [7, 11) is 3.68. The summed E-state index contributed by atoms with van der Waals surface area (Å²) in [6.07, 6.45) is 1.80. The van der Waals surface area contributed by atoms with Crippen molar-refractivity contribution in [1.82, 2.24) is 9.55 Å². The summed E-state index contributed by atoms with van der Waals surface area (Å²) < 4.78 is 7.08. The summed E-state index contributed by atoms with van der Waals surface area (Å²) in [6.45, 7) is 0.730. The molecule has 17 heavy (non-hydrogen) atoms. The maximum absolute atomic E-state index is 9.03. The number of ether oxygens (including phenoxy) is 1. The van der Waals surface area contributed by atoms with Crippen molar-refractivity contribution in [3.63, 3.8) is 0 Å². The molecule has 4 nitrogen and oxygen atoms in total. The van der Waals surface area contributed by atoms with E-state index in [-0.39, 0.29) is 0 Å². The fourth-order valence-electron chi connectivity index (χ4n) is 1.95. The topological polar surface area (TPSA) is 50.8 Å². The first kappa shape index (κ1) is 11.6. The minimum atomic E-state index is 0.635. The van der Waals surface area contributed by atoms with Gasteiger partial charge in [-0.05, 0) is 18.6 Å². The second-order valence-electron chi connectivity index (χ2n) is 3.97. The smallest absolute Gasteiger partial charge is 0.109 e. The summed E-state index contributed by atoms with van der Waals surface area (Å²) in [5.74, 6) is 1.000. The Morgan fingerprint density at radius 1 is 1.47 bits per heavy atom. The number of rotatable bonds is 4. The molecule has 1 aromatic heterocycles. The minimum absolute atomic E-state index is 0.635. The second kappa shape index (κ2) is 4.98. The average molecular weight is 229 g/mol. The van der Waals surface area contributed by atoms with Gasteiger partial charge >= 0.3 is 0 Å². The number of aryl methyl sites for hydroxylation is 2. The Kier molecular flexibility index (Phi) is 3.40. The largest absolute Gasteiger partial charge is 0.385 e. The van der Waals surface area contributed by atoms with E-state index in [9.17, 15) is 0 Å². The maximum Gasteiger partial charge on any atom is 0.109 e. The van der Waals surface area contributed by atoms with E-state index in [1.165, 1.54) is 0 Å². The number of benzene rings is 1. The summed E-state index contributed by atoms with van der Waals surface area (Å²) in [6, 6.07) is 7.86. The number of imidazole rings is 1. The van der Waals surface area contributed by atoms with Crippen molar-refractivity contribution in [2.75, 3.05) is 13.7 Å². The molecule has 0 saturated carbocycles. The quantitative estimate of drug-likeness (QED) is 0.754. The minimum Gasteiger partial charge on any atom is -0.385 e. The van der Waals surface area contributed by atoms with E-state index >= 15 is 0 Å². The van der Waals surface area contributed by atoms with Crippen molar-refractivity contribution in [2.45, 2.75) is 12.8 Å². The van der Waals surface area contributed by atoms with Gasteiger partial charge in [-0.3, -0.25) is 0 Å². The van der Waals surface area contributed by atoms with E-state index in [0.29, 0.717) is 5.56 Å². The van der Waals surface area contributed by atoms with Gasteiger partial charge < -0.3 is 9.30 Å². The molecular formula is C13H15N3O. The second-order valence-corrected chi connectivity index (χ2v) is 3.97. The fourth-order valence-corrected chi connectivity index (χ4v) is 1.95. The predicted octanol–water partition coefficient (Wildman–Crippen LogP) is 2.02. The lowest BCUT2D eigenvalue weighted by Gasteiger charge is -2.01. The fraction of sp³-hybridized carbons (Fsp3) is 0.385. The van der Waals surface area contributed by atoms with Gasteiger partial charge in [-0.2, -0.15) is 5.26 Å². The molecule has 0 spiro atoms. The van der Waals surface area contributed by atoms with Gasteiger partial charge in [0, 0.05) is 27.2 Å². The first-order valence-electron chi connectivity index (χ1n) is 5.61. The SMILES string of the molecule is COCCCc1nc2c(C#N)cccc2n1C. The first-order valence-corrected chi connectivity index (χ1v) is 5.61. The van der Waals surface area contributed by atoms with Crippen LogP contribution in [0, 0.1) is 11.3 Å². The zero-order valence-corrected chi connectivity index (χ0v) is 10.1. The Morgan fingerprint density at radius 2 is 2.29 bits per heavy atom. The summed E-state index contributed by atoms with van der Waals surface area (Å²) in [4.78, 5) is 4.54. The monoisotopic (exact) mass is 229 g/mol. The lowest BCUT2D eigenvalue weighted by atomic mass is 10.2. The normalized spacial score (nSPS) is 10.6. The van der Waals surface area contributed by atoms with Crippen molar-refractivity contribution in [2.24, 2.45) is 7.05 Å². The van der Waals surface area contributed by atoms with Crippen molar-refractivity contribution >= 4 is 11.0 Å². The van der Waals surface area contributed by atoms with Gasteiger partial charge in [-0.15, -0.1) is 0 Å². The third-order valence-electron chi connectivity index (χ3n) is 2.87. The van der Waals surface area contributed by atoms with E-state index in [2.05, 4.69) is 11.1 Å². The van der Waals surface area contributed by atoms with Gasteiger partial charge in [0.1, 0.15) is 17.4 Å². The van der Waals surface area contributed by atoms with Crippen LogP contribution in [0.2, 0.25) is 0 Å². The van der Waals surface area contributed by atoms with Gasteiger partial charge in [-0.25, -0.2) is 4.98 Å². The average Bonchev–Trinajstić information content (AvgIpc) is 2.67. The van der Waals surface area contributed by atoms with Gasteiger partial charge in [0.2, 0.25) is 0 Å². The molecule has 88 valence electrons. The molecule has 2 rings (SSSR count). The van der Waals surface area contributed by atoms with E-state index in [4.69, 9.17) is 10.00 Å². The molecule has 0 atom stereocenters. The van der Waals surface area contributed by atoms with Crippen LogP contribution in [0.1, 0.15) is 17.8 Å². The molecule has 1 aromatic carbocycles. The Bertz CT molecular complexity index is 566. The van der Waals surface area contributed by atoms with Crippen molar-refractivity contribution < 1.29 is 4.74 Å². The standard InChI is InChI=1S/C13H15N3O/c1-16-11-6-3-5-10(9-14)13(11)15-12(16)7-4-8-17-2/h3,5-6H,4,7-8H2,1-2H3. The molecule has 0 amide bonds. The van der Waals surface area contributed by atoms with Gasteiger partial charge in [0.05, 0.1) is 11.1 Å². The van der Waals surface area contributed by atoms with Crippen LogP contribution in [-0.4, -0.2) is 23.3 Å². The number of para-hydroxylation sites is 1. The van der Waals surface area contributed by atoms with Crippen LogP contribution < -0.4 is 0 Å². The van der Waals surface area contributed by atoms with Gasteiger partial charge in [0.15, 0.2) is 0 Å². The lowest BCUT2D eigenvalue weighted by Crippen LogP contribution is -2.00. The molecule has 2 aromatic rings. The van der Waals surface area contributed by atoms with E-state index in [0.717, 1.165) is 36.3 Å². The molecule has 1 heterocycles. The van der Waals surface area contributed by atoms with Gasteiger partial charge in [0.25, 0.3) is 0 Å². The van der Waals surface area contributed by atoms with Crippen LogP contribution in [0.3, 0.4) is 0 Å². The van der Waals surface area contributed by atoms with Crippen LogP contribution in [0.5, 0.6) is 0 Å². The number of fused-ring (bicyclic) bond motifs is 1. The van der Waals surface area contributed by atoms with Crippen molar-refractivity contribution in [1.29, 1.82) is 5.26 Å². The molecule has 0 bridgehead atoms. The van der Waals surface area contributed by atoms with Crippen molar-refractivity contribution in [3.05, 3.63) is 29.6 Å². The van der Waals surface area contributed by atoms with Crippen LogP contribution in [-0.2, 0) is 18.2 Å². The predicted molar refractivity (Wildman–Crippen MR) is 65.6 cm³/mol. The Labute approximate surface area is 100 Å². The molecule has 0 aliphatic heterocycles. The molecule has 0 N–H and O–H groups in total. The van der Waals surface area contributed by atoms with Crippen LogP contribution in [0.25, 0.3) is 11.0 Å². The zero-order chi connectivity index (χ0) is 12.3. The molecule has 0 unspecified atom stereocenters. The third kappa shape index (κ3) is 2.15. The molecule has 0 aliphatic rings. The highest BCUT2D eigenvalue weighted by Gasteiger charge is 2.10. The number of hydrogen-bond acceptors (Lipinski definition) is 3. The molecule has 0 radical (unpaired) electrons. The van der Waals surface area contributed by atoms with E-state index < -0.39 is 0 Å². The highest BCUT2D eigenvalue weighted by molar-refractivity contribution is 5.82. The van der Waals surface area contributed by atoms with Crippen molar-refractivity contribution in [3.8, 4) is 6.07 Å². The van der Waals surface area contributed by atoms with Crippen LogP contribution in [0.4, 0.5) is 0 Å². The summed E-state index contributed by atoms with van der Waals surface area (Å²) in [5.41, 5.74) is 2.44. The lowest BCUT2D eigenvalue weighted by molar-refractivity contribution is 0.194. The van der Waals surface area contributed by atoms with Crippen LogP contribution in [0.15, 0.2) is 18.2 Å². The molecule has 0 aliphatic carbocycles. The van der Waals surface area contributed by atoms with Crippen LogP contribution >= 0.6 is 0 Å². The van der Waals surface area contributed by atoms with Gasteiger partial charge in [-0.1, -0.05) is 6.07 Å². The first-order chi connectivity index (χ1) is 8.27. The number of nitriles is 1. The molecule has 0 saturated heterocycles. The Hall–Kier alpha value is -1.86. The number of methoxy groups -OCH3 is 1. The van der Waals surface area contributed by atoms with E-state index in [1.807, 2.05) is 23.7 Å².